The number of likely N-dealkylation sites (tertiary alicyclic amines) is 1. The van der Waals surface area contributed by atoms with Crippen molar-refractivity contribution in [3.63, 3.8) is 0 Å². The Morgan fingerprint density at radius 2 is 1.62 bits per heavy atom. The number of rotatable bonds is 6. The van der Waals surface area contributed by atoms with Crippen LogP contribution in [0.2, 0.25) is 0 Å². The molecule has 2 aliphatic carbocycles. The maximum Gasteiger partial charge on any atom is 0.416 e. The molecule has 37 heavy (non-hydrogen) atoms. The second kappa shape index (κ2) is 10.1. The molecule has 3 fully saturated rings. The van der Waals surface area contributed by atoms with Crippen molar-refractivity contribution in [1.29, 1.82) is 0 Å². The Bertz CT molecular complexity index is 1090. The van der Waals surface area contributed by atoms with Crippen molar-refractivity contribution in [3.8, 4) is 0 Å². The molecule has 0 aromatic heterocycles. The molecular formula is C31H38F3NO2. The number of amides is 1. The van der Waals surface area contributed by atoms with Gasteiger partial charge in [0.15, 0.2) is 0 Å². The molecule has 1 heterocycles. The summed E-state index contributed by atoms with van der Waals surface area (Å²) in [5.41, 5.74) is 1.26. The standard InChI is InChI=1S/C31H38F3NO2/c1-20-8-10-24(11-9-20)29(26-6-4-5-7-27(26)31(32,33)34)37-25-18-35(19-25)28(36)17-30-14-21(2)12-23(16-30)13-22(3)15-30/h4-11,21-23,25,29H,12-19H2,1-3H3. The number of carbonyl (C=O) groups excluding carboxylic acids is 1. The topological polar surface area (TPSA) is 29.5 Å². The number of aryl methyl sites for hydroxylation is 1. The normalized spacial score (nSPS) is 29.0. The smallest absolute Gasteiger partial charge is 0.362 e. The minimum Gasteiger partial charge on any atom is -0.362 e. The van der Waals surface area contributed by atoms with Gasteiger partial charge in [0, 0.05) is 19.5 Å². The number of fused-ring (bicyclic) bond motifs is 2. The van der Waals surface area contributed by atoms with Gasteiger partial charge in [-0.2, -0.15) is 13.2 Å². The molecule has 2 aromatic carbocycles. The summed E-state index contributed by atoms with van der Waals surface area (Å²) in [6, 6.07) is 13.1. The average Bonchev–Trinajstić information content (AvgIpc) is 2.77. The molecular weight excluding hydrogens is 475 g/mol. The quantitative estimate of drug-likeness (QED) is 0.399. The first-order valence-electron chi connectivity index (χ1n) is 13.7. The molecule has 0 radical (unpaired) electrons. The molecule has 3 nitrogen and oxygen atoms in total. The van der Waals surface area contributed by atoms with Crippen LogP contribution in [0.15, 0.2) is 48.5 Å². The van der Waals surface area contributed by atoms with Crippen LogP contribution >= 0.6 is 0 Å². The molecule has 2 bridgehead atoms. The van der Waals surface area contributed by atoms with Crippen LogP contribution in [0, 0.1) is 30.1 Å². The highest BCUT2D eigenvalue weighted by Crippen LogP contribution is 2.54. The fourth-order valence-electron chi connectivity index (χ4n) is 7.53. The lowest BCUT2D eigenvalue weighted by Crippen LogP contribution is -2.56. The molecule has 3 atom stereocenters. The Morgan fingerprint density at radius 1 is 1.00 bits per heavy atom. The van der Waals surface area contributed by atoms with E-state index < -0.39 is 17.8 Å². The second-order valence-corrected chi connectivity index (χ2v) is 12.3. The van der Waals surface area contributed by atoms with Crippen molar-refractivity contribution < 1.29 is 22.7 Å². The summed E-state index contributed by atoms with van der Waals surface area (Å²) < 4.78 is 47.9. The van der Waals surface area contributed by atoms with Crippen molar-refractivity contribution in [1.82, 2.24) is 4.90 Å². The summed E-state index contributed by atoms with van der Waals surface area (Å²) in [6.45, 7) is 7.44. The van der Waals surface area contributed by atoms with Crippen LogP contribution in [-0.4, -0.2) is 30.0 Å². The highest BCUT2D eigenvalue weighted by Gasteiger charge is 2.47. The Morgan fingerprint density at radius 3 is 2.24 bits per heavy atom. The van der Waals surface area contributed by atoms with Gasteiger partial charge >= 0.3 is 6.18 Å². The molecule has 2 aromatic rings. The maximum atomic E-state index is 13.9. The molecule has 6 heteroatoms. The highest BCUT2D eigenvalue weighted by atomic mass is 19.4. The van der Waals surface area contributed by atoms with E-state index in [1.807, 2.05) is 36.1 Å². The first kappa shape index (κ1) is 26.3. The van der Waals surface area contributed by atoms with Gasteiger partial charge in [0.2, 0.25) is 5.91 Å². The molecule has 2 saturated carbocycles. The van der Waals surface area contributed by atoms with Crippen LogP contribution in [0.25, 0.3) is 0 Å². The number of halogens is 3. The Labute approximate surface area is 218 Å². The lowest BCUT2D eigenvalue weighted by molar-refractivity contribution is -0.154. The van der Waals surface area contributed by atoms with Gasteiger partial charge in [0.25, 0.3) is 0 Å². The second-order valence-electron chi connectivity index (χ2n) is 12.3. The predicted molar refractivity (Wildman–Crippen MR) is 138 cm³/mol. The number of benzene rings is 2. The third kappa shape index (κ3) is 5.74. The molecule has 0 N–H and O–H groups in total. The van der Waals surface area contributed by atoms with Gasteiger partial charge in [-0.25, -0.2) is 0 Å². The molecule has 3 aliphatic rings. The maximum absolute atomic E-state index is 13.9. The van der Waals surface area contributed by atoms with Gasteiger partial charge in [-0.05, 0) is 79.4 Å². The van der Waals surface area contributed by atoms with Crippen molar-refractivity contribution in [2.75, 3.05) is 13.1 Å². The fraction of sp³-hybridized carbons (Fsp3) is 0.581. The predicted octanol–water partition coefficient (Wildman–Crippen LogP) is 7.57. The molecule has 200 valence electrons. The summed E-state index contributed by atoms with van der Waals surface area (Å²) in [6.07, 6.45) is 0.924. The number of nitrogens with zero attached hydrogens (tertiary/aromatic N) is 1. The van der Waals surface area contributed by atoms with E-state index >= 15 is 0 Å². The molecule has 3 unspecified atom stereocenters. The third-order valence-electron chi connectivity index (χ3n) is 8.74. The third-order valence-corrected chi connectivity index (χ3v) is 8.74. The summed E-state index contributed by atoms with van der Waals surface area (Å²) in [5.74, 6) is 2.23. The largest absolute Gasteiger partial charge is 0.416 e. The Balaban J connectivity index is 1.29. The fourth-order valence-corrected chi connectivity index (χ4v) is 7.53. The van der Waals surface area contributed by atoms with Gasteiger partial charge < -0.3 is 9.64 Å². The van der Waals surface area contributed by atoms with E-state index in [0.29, 0.717) is 36.9 Å². The van der Waals surface area contributed by atoms with E-state index in [1.165, 1.54) is 25.0 Å². The monoisotopic (exact) mass is 513 g/mol. The van der Waals surface area contributed by atoms with Crippen LogP contribution in [-0.2, 0) is 15.7 Å². The molecule has 5 rings (SSSR count). The minimum absolute atomic E-state index is 0.110. The van der Waals surface area contributed by atoms with Crippen molar-refractivity contribution in [2.45, 2.75) is 77.7 Å². The average molecular weight is 514 g/mol. The van der Waals surface area contributed by atoms with Gasteiger partial charge in [0.05, 0.1) is 11.7 Å². The number of carbonyl (C=O) groups is 1. The van der Waals surface area contributed by atoms with Crippen molar-refractivity contribution in [2.24, 2.45) is 23.2 Å². The highest BCUT2D eigenvalue weighted by molar-refractivity contribution is 5.78. The van der Waals surface area contributed by atoms with E-state index in [1.54, 1.807) is 6.07 Å². The SMILES string of the molecule is Cc1ccc(C(OC2CN(C(=O)CC34CC(C)CC(CC(C)C3)C4)C2)c2ccccc2C(F)(F)F)cc1. The zero-order valence-electron chi connectivity index (χ0n) is 22.1. The Hall–Kier alpha value is -2.34. The lowest BCUT2D eigenvalue weighted by Gasteiger charge is -2.51. The summed E-state index contributed by atoms with van der Waals surface area (Å²) in [7, 11) is 0. The van der Waals surface area contributed by atoms with Gasteiger partial charge in [0.1, 0.15) is 6.10 Å². The minimum atomic E-state index is -4.48. The molecule has 0 spiro atoms. The molecule has 1 saturated heterocycles. The summed E-state index contributed by atoms with van der Waals surface area (Å²) >= 11 is 0. The van der Waals surface area contributed by atoms with Gasteiger partial charge in [-0.1, -0.05) is 61.9 Å². The number of hydrogen-bond donors (Lipinski definition) is 0. The van der Waals surface area contributed by atoms with Crippen molar-refractivity contribution in [3.05, 3.63) is 70.8 Å². The molecule has 1 amide bonds. The summed E-state index contributed by atoms with van der Waals surface area (Å²) in [5, 5.41) is 0. The lowest BCUT2D eigenvalue weighted by atomic mass is 9.55. The van der Waals surface area contributed by atoms with Crippen molar-refractivity contribution >= 4 is 5.91 Å². The van der Waals surface area contributed by atoms with Crippen LogP contribution in [0.4, 0.5) is 13.2 Å². The van der Waals surface area contributed by atoms with Crippen LogP contribution in [0.5, 0.6) is 0 Å². The van der Waals surface area contributed by atoms with Gasteiger partial charge in [-0.3, -0.25) is 4.79 Å². The summed E-state index contributed by atoms with van der Waals surface area (Å²) in [4.78, 5) is 15.2. The first-order chi connectivity index (χ1) is 17.5. The van der Waals surface area contributed by atoms with E-state index in [-0.39, 0.29) is 23.0 Å². The molecule has 1 aliphatic heterocycles. The van der Waals surface area contributed by atoms with Crippen LogP contribution < -0.4 is 0 Å². The van der Waals surface area contributed by atoms with Crippen LogP contribution in [0.3, 0.4) is 0 Å². The van der Waals surface area contributed by atoms with Crippen LogP contribution in [0.1, 0.15) is 80.7 Å². The van der Waals surface area contributed by atoms with E-state index in [2.05, 4.69) is 13.8 Å². The number of alkyl halides is 3. The first-order valence-corrected chi connectivity index (χ1v) is 13.7. The Kier molecular flexibility index (Phi) is 7.16. The zero-order valence-corrected chi connectivity index (χ0v) is 22.1. The van der Waals surface area contributed by atoms with Gasteiger partial charge in [-0.15, -0.1) is 0 Å². The number of hydrogen-bond acceptors (Lipinski definition) is 2. The van der Waals surface area contributed by atoms with E-state index in [0.717, 1.165) is 36.8 Å². The van der Waals surface area contributed by atoms with E-state index in [4.69, 9.17) is 4.74 Å². The number of ether oxygens (including phenoxy) is 1. The zero-order chi connectivity index (χ0) is 26.4. The van der Waals surface area contributed by atoms with E-state index in [9.17, 15) is 18.0 Å².